The molecule has 2 aromatic rings. The van der Waals surface area contributed by atoms with Gasteiger partial charge in [0.05, 0.1) is 0 Å². The maximum atomic E-state index is 4.51. The predicted molar refractivity (Wildman–Crippen MR) is 84.1 cm³/mol. The average molecular weight is 338 g/mol. The monoisotopic (exact) mass is 337 g/mol. The molecule has 0 aliphatic carbocycles. The van der Waals surface area contributed by atoms with Crippen LogP contribution in [-0.2, 0) is 0 Å². The van der Waals surface area contributed by atoms with E-state index in [0.717, 1.165) is 16.1 Å². The van der Waals surface area contributed by atoms with Crippen molar-refractivity contribution in [2.24, 2.45) is 0 Å². The molecule has 5 nitrogen and oxygen atoms in total. The van der Waals surface area contributed by atoms with Gasteiger partial charge in [0.25, 0.3) is 0 Å². The van der Waals surface area contributed by atoms with Crippen molar-refractivity contribution >= 4 is 27.5 Å². The second-order valence-corrected chi connectivity index (χ2v) is 6.26. The highest BCUT2D eigenvalue weighted by Crippen LogP contribution is 2.16. The number of fused-ring (bicyclic) bond motifs is 1. The molecule has 0 spiro atoms. The molecule has 1 saturated heterocycles. The van der Waals surface area contributed by atoms with Gasteiger partial charge in [0.1, 0.15) is 0 Å². The zero-order valence-electron chi connectivity index (χ0n) is 11.7. The quantitative estimate of drug-likeness (QED) is 0.931. The van der Waals surface area contributed by atoms with Crippen LogP contribution in [0.3, 0.4) is 0 Å². The topological polar surface area (TPSA) is 45.5 Å². The van der Waals surface area contributed by atoms with E-state index in [1.165, 1.54) is 38.9 Å². The molecule has 1 aliphatic heterocycles. The SMILES string of the molecule is CCCN1CCC(Nc2nc3ccc(Br)cn3n2)CC1. The van der Waals surface area contributed by atoms with Crippen LogP contribution in [0.5, 0.6) is 0 Å². The van der Waals surface area contributed by atoms with E-state index >= 15 is 0 Å². The highest BCUT2D eigenvalue weighted by molar-refractivity contribution is 9.10. The Hall–Kier alpha value is -1.14. The molecule has 6 heteroatoms. The van der Waals surface area contributed by atoms with Gasteiger partial charge in [0.2, 0.25) is 5.95 Å². The van der Waals surface area contributed by atoms with E-state index in [4.69, 9.17) is 0 Å². The highest BCUT2D eigenvalue weighted by atomic mass is 79.9. The molecule has 3 rings (SSSR count). The van der Waals surface area contributed by atoms with Crippen LogP contribution in [0.1, 0.15) is 26.2 Å². The van der Waals surface area contributed by atoms with Crippen LogP contribution in [0, 0.1) is 0 Å². The first-order valence-corrected chi connectivity index (χ1v) is 8.04. The minimum atomic E-state index is 0.490. The second-order valence-electron chi connectivity index (χ2n) is 5.35. The lowest BCUT2D eigenvalue weighted by Gasteiger charge is -2.31. The summed E-state index contributed by atoms with van der Waals surface area (Å²) in [6.07, 6.45) is 5.50. The van der Waals surface area contributed by atoms with Crippen LogP contribution in [0.25, 0.3) is 5.65 Å². The Morgan fingerprint density at radius 2 is 2.15 bits per heavy atom. The van der Waals surface area contributed by atoms with Gasteiger partial charge in [0.15, 0.2) is 5.65 Å². The van der Waals surface area contributed by atoms with E-state index in [9.17, 15) is 0 Å². The zero-order valence-corrected chi connectivity index (χ0v) is 13.3. The Morgan fingerprint density at radius 1 is 1.35 bits per heavy atom. The van der Waals surface area contributed by atoms with Gasteiger partial charge in [-0.3, -0.25) is 0 Å². The summed E-state index contributed by atoms with van der Waals surface area (Å²) in [7, 11) is 0. The molecule has 0 bridgehead atoms. The molecule has 0 unspecified atom stereocenters. The van der Waals surface area contributed by atoms with Crippen molar-refractivity contribution in [2.75, 3.05) is 25.0 Å². The smallest absolute Gasteiger partial charge is 0.243 e. The molecule has 3 heterocycles. The third-order valence-corrected chi connectivity index (χ3v) is 4.22. The van der Waals surface area contributed by atoms with E-state index in [1.807, 2.05) is 18.3 Å². The van der Waals surface area contributed by atoms with Crippen LogP contribution in [0.4, 0.5) is 5.95 Å². The molecule has 1 N–H and O–H groups in total. The molecular formula is C14H20BrN5. The Labute approximate surface area is 127 Å². The summed E-state index contributed by atoms with van der Waals surface area (Å²) in [5.41, 5.74) is 0.874. The van der Waals surface area contributed by atoms with Gasteiger partial charge in [-0.1, -0.05) is 6.92 Å². The zero-order chi connectivity index (χ0) is 13.9. The molecule has 0 atom stereocenters. The Bertz CT molecular complexity index is 574. The summed E-state index contributed by atoms with van der Waals surface area (Å²) in [5, 5.41) is 7.94. The number of aromatic nitrogens is 3. The van der Waals surface area contributed by atoms with Crippen molar-refractivity contribution in [2.45, 2.75) is 32.2 Å². The molecule has 1 aliphatic rings. The fourth-order valence-electron chi connectivity index (χ4n) is 2.72. The molecule has 0 saturated carbocycles. The van der Waals surface area contributed by atoms with Crippen molar-refractivity contribution in [3.05, 3.63) is 22.8 Å². The minimum absolute atomic E-state index is 0.490. The standard InChI is InChI=1S/C14H20BrN5/c1-2-7-19-8-5-12(6-9-19)16-14-17-13-4-3-11(15)10-20(13)18-14/h3-4,10,12H,2,5-9H2,1H3,(H,16,18). The first kappa shape index (κ1) is 13.8. The normalized spacial score (nSPS) is 17.7. The molecule has 0 aromatic carbocycles. The Kier molecular flexibility index (Phi) is 4.21. The van der Waals surface area contributed by atoms with Crippen LogP contribution in [-0.4, -0.2) is 45.2 Å². The first-order valence-electron chi connectivity index (χ1n) is 7.25. The first-order chi connectivity index (χ1) is 9.74. The minimum Gasteiger partial charge on any atom is -0.350 e. The van der Waals surface area contributed by atoms with Gasteiger partial charge in [-0.05, 0) is 53.9 Å². The number of piperidine rings is 1. The summed E-state index contributed by atoms with van der Waals surface area (Å²) in [4.78, 5) is 7.04. The second kappa shape index (κ2) is 6.10. The van der Waals surface area contributed by atoms with Gasteiger partial charge in [0, 0.05) is 29.8 Å². The van der Waals surface area contributed by atoms with Gasteiger partial charge < -0.3 is 10.2 Å². The van der Waals surface area contributed by atoms with Crippen molar-refractivity contribution in [1.82, 2.24) is 19.5 Å². The van der Waals surface area contributed by atoms with E-state index in [2.05, 4.69) is 43.2 Å². The number of pyridine rings is 1. The van der Waals surface area contributed by atoms with Crippen LogP contribution < -0.4 is 5.32 Å². The Balaban J connectivity index is 1.62. The van der Waals surface area contributed by atoms with Crippen LogP contribution in [0.2, 0.25) is 0 Å². The molecule has 1 fully saturated rings. The number of hydrogen-bond donors (Lipinski definition) is 1. The lowest BCUT2D eigenvalue weighted by molar-refractivity contribution is 0.219. The number of rotatable bonds is 4. The number of anilines is 1. The maximum Gasteiger partial charge on any atom is 0.243 e. The van der Waals surface area contributed by atoms with Crippen LogP contribution in [0.15, 0.2) is 22.8 Å². The van der Waals surface area contributed by atoms with E-state index in [1.54, 1.807) is 4.52 Å². The summed E-state index contributed by atoms with van der Waals surface area (Å²) in [6, 6.07) is 4.44. The molecule has 0 amide bonds. The van der Waals surface area contributed by atoms with Gasteiger partial charge >= 0.3 is 0 Å². The predicted octanol–water partition coefficient (Wildman–Crippen LogP) is 2.78. The van der Waals surface area contributed by atoms with Crippen molar-refractivity contribution in [3.8, 4) is 0 Å². The summed E-state index contributed by atoms with van der Waals surface area (Å²) < 4.78 is 2.81. The number of nitrogens with one attached hydrogen (secondary N) is 1. The van der Waals surface area contributed by atoms with Gasteiger partial charge in [-0.2, -0.15) is 4.98 Å². The fourth-order valence-corrected chi connectivity index (χ4v) is 3.04. The summed E-state index contributed by atoms with van der Waals surface area (Å²) in [5.74, 6) is 0.733. The summed E-state index contributed by atoms with van der Waals surface area (Å²) >= 11 is 3.45. The molecular weight excluding hydrogens is 318 g/mol. The van der Waals surface area contributed by atoms with E-state index in [-0.39, 0.29) is 0 Å². The Morgan fingerprint density at radius 3 is 2.90 bits per heavy atom. The third kappa shape index (κ3) is 3.12. The lowest BCUT2D eigenvalue weighted by atomic mass is 10.1. The number of nitrogens with zero attached hydrogens (tertiary/aromatic N) is 4. The molecule has 0 radical (unpaired) electrons. The lowest BCUT2D eigenvalue weighted by Crippen LogP contribution is -2.39. The molecule has 2 aromatic heterocycles. The summed E-state index contributed by atoms with van der Waals surface area (Å²) in [6.45, 7) is 5.80. The maximum absolute atomic E-state index is 4.51. The molecule has 108 valence electrons. The van der Waals surface area contributed by atoms with E-state index < -0.39 is 0 Å². The van der Waals surface area contributed by atoms with Gasteiger partial charge in [-0.15, -0.1) is 5.10 Å². The van der Waals surface area contributed by atoms with Gasteiger partial charge in [-0.25, -0.2) is 4.52 Å². The number of likely N-dealkylation sites (tertiary alicyclic amines) is 1. The van der Waals surface area contributed by atoms with Crippen molar-refractivity contribution in [3.63, 3.8) is 0 Å². The fraction of sp³-hybridized carbons (Fsp3) is 0.571. The van der Waals surface area contributed by atoms with Crippen molar-refractivity contribution in [1.29, 1.82) is 0 Å². The van der Waals surface area contributed by atoms with E-state index in [0.29, 0.717) is 6.04 Å². The average Bonchev–Trinajstić information content (AvgIpc) is 2.82. The third-order valence-electron chi connectivity index (χ3n) is 3.76. The number of halogens is 1. The highest BCUT2D eigenvalue weighted by Gasteiger charge is 2.19. The van der Waals surface area contributed by atoms with Crippen LogP contribution >= 0.6 is 15.9 Å². The largest absolute Gasteiger partial charge is 0.350 e. The molecule has 20 heavy (non-hydrogen) atoms. The van der Waals surface area contributed by atoms with Crippen molar-refractivity contribution < 1.29 is 0 Å². The number of hydrogen-bond acceptors (Lipinski definition) is 4.